The Labute approximate surface area is 449 Å². The molecule has 0 saturated carbocycles. The third-order valence-corrected chi connectivity index (χ3v) is 14.9. The van der Waals surface area contributed by atoms with Gasteiger partial charge in [0, 0.05) is 12.8 Å². The maximum absolute atomic E-state index is 12.5. The average Bonchev–Trinajstić information content (AvgIpc) is 3.38. The minimum atomic E-state index is -0.860. The van der Waals surface area contributed by atoms with Crippen LogP contribution >= 0.6 is 0 Å². The molecule has 424 valence electrons. The van der Waals surface area contributed by atoms with Crippen molar-refractivity contribution >= 4 is 11.9 Å². The van der Waals surface area contributed by atoms with Gasteiger partial charge in [0.15, 0.2) is 0 Å². The van der Waals surface area contributed by atoms with Crippen molar-refractivity contribution in [1.29, 1.82) is 0 Å². The number of nitrogens with one attached hydrogen (secondary N) is 1. The van der Waals surface area contributed by atoms with E-state index in [1.165, 1.54) is 244 Å². The highest BCUT2D eigenvalue weighted by atomic mass is 16.5. The third kappa shape index (κ3) is 57.4. The van der Waals surface area contributed by atoms with Crippen molar-refractivity contribution in [2.45, 2.75) is 360 Å². The molecule has 0 spiro atoms. The van der Waals surface area contributed by atoms with Crippen LogP contribution in [0.4, 0.5) is 0 Å². The first-order chi connectivity index (χ1) is 35.5. The molecule has 72 heavy (non-hydrogen) atoms. The van der Waals surface area contributed by atoms with Gasteiger partial charge in [-0.25, -0.2) is 0 Å². The number of rotatable bonds is 60. The van der Waals surface area contributed by atoms with Crippen LogP contribution in [-0.4, -0.2) is 47.4 Å². The molecule has 0 rings (SSSR count). The van der Waals surface area contributed by atoms with E-state index >= 15 is 0 Å². The summed E-state index contributed by atoms with van der Waals surface area (Å²) < 4.78 is 5.47. The lowest BCUT2D eigenvalue weighted by Gasteiger charge is -2.20. The molecule has 6 heteroatoms. The Balaban J connectivity index is 3.52. The van der Waals surface area contributed by atoms with Gasteiger partial charge in [0.2, 0.25) is 5.91 Å². The van der Waals surface area contributed by atoms with Crippen LogP contribution in [0.5, 0.6) is 0 Å². The maximum atomic E-state index is 12.5. The summed E-state index contributed by atoms with van der Waals surface area (Å²) in [5, 5.41) is 23.2. The van der Waals surface area contributed by atoms with Gasteiger partial charge in [-0.05, 0) is 64.2 Å². The molecule has 1 amide bonds. The summed E-state index contributed by atoms with van der Waals surface area (Å²) in [6.45, 7) is 4.88. The van der Waals surface area contributed by atoms with Crippen molar-refractivity contribution in [1.82, 2.24) is 5.32 Å². The molecule has 0 aliphatic carbocycles. The van der Waals surface area contributed by atoms with E-state index in [0.29, 0.717) is 19.4 Å². The third-order valence-electron chi connectivity index (χ3n) is 14.9. The number of unbranched alkanes of at least 4 members (excludes halogenated alkanes) is 46. The number of allylic oxidation sites excluding steroid dienone is 5. The Hall–Kier alpha value is -1.92. The van der Waals surface area contributed by atoms with Crippen molar-refractivity contribution in [3.8, 4) is 0 Å². The first-order valence-electron chi connectivity index (χ1n) is 32.3. The molecular weight excluding hydrogens is 887 g/mol. The highest BCUT2D eigenvalue weighted by Crippen LogP contribution is 2.18. The molecule has 2 unspecified atom stereocenters. The second-order valence-electron chi connectivity index (χ2n) is 22.1. The molecule has 0 aliphatic rings. The van der Waals surface area contributed by atoms with E-state index in [2.05, 4.69) is 43.5 Å². The van der Waals surface area contributed by atoms with E-state index in [9.17, 15) is 19.8 Å². The van der Waals surface area contributed by atoms with Gasteiger partial charge in [-0.2, -0.15) is 0 Å². The van der Waals surface area contributed by atoms with E-state index in [4.69, 9.17) is 4.74 Å². The van der Waals surface area contributed by atoms with Gasteiger partial charge >= 0.3 is 5.97 Å². The number of carbonyl (C=O) groups is 2. The van der Waals surface area contributed by atoms with E-state index in [0.717, 1.165) is 77.0 Å². The van der Waals surface area contributed by atoms with E-state index in [1.807, 2.05) is 6.08 Å². The van der Waals surface area contributed by atoms with Crippen LogP contribution < -0.4 is 5.32 Å². The molecule has 0 aromatic heterocycles. The maximum Gasteiger partial charge on any atom is 0.305 e. The topological polar surface area (TPSA) is 95.9 Å². The lowest BCUT2D eigenvalue weighted by molar-refractivity contribution is -0.143. The van der Waals surface area contributed by atoms with Gasteiger partial charge in [0.1, 0.15) is 0 Å². The molecule has 0 saturated heterocycles. The molecule has 0 aromatic rings. The second-order valence-corrected chi connectivity index (χ2v) is 22.1. The summed E-state index contributed by atoms with van der Waals surface area (Å²) >= 11 is 0. The van der Waals surface area contributed by atoms with Crippen molar-refractivity contribution in [2.24, 2.45) is 0 Å². The van der Waals surface area contributed by atoms with Crippen molar-refractivity contribution in [3.63, 3.8) is 0 Å². The Morgan fingerprint density at radius 2 is 0.681 bits per heavy atom. The predicted octanol–water partition coefficient (Wildman–Crippen LogP) is 20.4. The van der Waals surface area contributed by atoms with E-state index in [-0.39, 0.29) is 18.5 Å². The lowest BCUT2D eigenvalue weighted by atomic mass is 10.0. The highest BCUT2D eigenvalue weighted by molar-refractivity contribution is 5.76. The smallest absolute Gasteiger partial charge is 0.305 e. The summed E-state index contributed by atoms with van der Waals surface area (Å²) in [7, 11) is 0. The summed E-state index contributed by atoms with van der Waals surface area (Å²) in [5.41, 5.74) is 0. The molecule has 0 fully saturated rings. The molecule has 3 N–H and O–H groups in total. The molecule has 6 nitrogen and oxygen atoms in total. The fraction of sp³-hybridized carbons (Fsp3) is 0.879. The van der Waals surface area contributed by atoms with Crippen LogP contribution in [0, 0.1) is 0 Å². The molecule has 0 radical (unpaired) electrons. The second kappa shape index (κ2) is 61.6. The Kier molecular flexibility index (Phi) is 60.0. The minimum absolute atomic E-state index is 0.0179. The van der Waals surface area contributed by atoms with Gasteiger partial charge in [-0.1, -0.05) is 307 Å². The van der Waals surface area contributed by atoms with Gasteiger partial charge in [-0.15, -0.1) is 0 Å². The summed E-state index contributed by atoms with van der Waals surface area (Å²) in [5.74, 6) is -0.105. The zero-order valence-corrected chi connectivity index (χ0v) is 48.4. The van der Waals surface area contributed by atoms with Crippen LogP contribution in [0.3, 0.4) is 0 Å². The normalized spacial score (nSPS) is 12.8. The molecule has 0 aromatic carbocycles. The Morgan fingerprint density at radius 3 is 1.03 bits per heavy atom. The average molecular weight is 1010 g/mol. The van der Waals surface area contributed by atoms with Crippen LogP contribution in [0.15, 0.2) is 36.5 Å². The number of aliphatic hydroxyl groups excluding tert-OH is 2. The number of carbonyl (C=O) groups excluding carboxylic acids is 2. The summed E-state index contributed by atoms with van der Waals surface area (Å²) in [4.78, 5) is 24.6. The van der Waals surface area contributed by atoms with Crippen LogP contribution in [0.1, 0.15) is 348 Å². The number of esters is 1. The monoisotopic (exact) mass is 1010 g/mol. The first-order valence-corrected chi connectivity index (χ1v) is 32.3. The molecule has 0 heterocycles. The minimum Gasteiger partial charge on any atom is -0.466 e. The number of amides is 1. The molecule has 2 atom stereocenters. The zero-order valence-electron chi connectivity index (χ0n) is 48.4. The number of hydrogen-bond acceptors (Lipinski definition) is 5. The predicted molar refractivity (Wildman–Crippen MR) is 315 cm³/mol. The summed E-state index contributed by atoms with van der Waals surface area (Å²) in [6, 6.07) is -0.646. The fourth-order valence-corrected chi connectivity index (χ4v) is 9.98. The molecule has 0 aliphatic heterocycles. The fourth-order valence-electron chi connectivity index (χ4n) is 9.98. The van der Waals surface area contributed by atoms with Crippen LogP contribution in [0.2, 0.25) is 0 Å². The van der Waals surface area contributed by atoms with Crippen molar-refractivity contribution < 1.29 is 24.5 Å². The first kappa shape index (κ1) is 70.1. The largest absolute Gasteiger partial charge is 0.466 e. The van der Waals surface area contributed by atoms with Crippen LogP contribution in [-0.2, 0) is 14.3 Å². The summed E-state index contributed by atoms with van der Waals surface area (Å²) in [6.07, 6.45) is 77.6. The molecular formula is C66H125NO5. The SMILES string of the molecule is CCCCCCCCCCCCCCCCCCCCCC/C=C/C(O)C(CO)NC(=O)CCCCCCCC/C=C\C=C/CCCCCOC(=O)CCCCCCCCCCCCCCCCCCCC. The highest BCUT2D eigenvalue weighted by Gasteiger charge is 2.18. The van der Waals surface area contributed by atoms with Gasteiger partial charge in [0.05, 0.1) is 25.4 Å². The Bertz CT molecular complexity index is 1170. The van der Waals surface area contributed by atoms with E-state index < -0.39 is 12.1 Å². The number of aliphatic hydroxyl groups is 2. The van der Waals surface area contributed by atoms with Crippen LogP contribution in [0.25, 0.3) is 0 Å². The van der Waals surface area contributed by atoms with Gasteiger partial charge < -0.3 is 20.3 Å². The van der Waals surface area contributed by atoms with E-state index in [1.54, 1.807) is 6.08 Å². The van der Waals surface area contributed by atoms with Gasteiger partial charge in [-0.3, -0.25) is 9.59 Å². The quantitative estimate of drug-likeness (QED) is 0.0244. The van der Waals surface area contributed by atoms with Crippen molar-refractivity contribution in [3.05, 3.63) is 36.5 Å². The van der Waals surface area contributed by atoms with Gasteiger partial charge in [0.25, 0.3) is 0 Å². The Morgan fingerprint density at radius 1 is 0.389 bits per heavy atom. The molecule has 0 bridgehead atoms. The standard InChI is InChI=1S/C66H125NO5/c1-3-5-7-9-11-13-15-17-19-21-23-24-25-26-27-30-34-38-42-46-50-54-58-64(69)63(62-68)67-65(70)59-55-51-47-43-39-35-31-29-33-37-41-45-49-53-57-61-72-66(71)60-56-52-48-44-40-36-32-28-22-20-18-16-14-12-10-8-6-4-2/h29,33,37,41,54,58,63-64,68-69H,3-28,30-32,34-36,38-40,42-53,55-57,59-62H2,1-2H3,(H,67,70)/b33-29-,41-37-,58-54+. The number of hydrogen-bond donors (Lipinski definition) is 3. The zero-order chi connectivity index (χ0) is 52.2. The number of ether oxygens (including phenoxy) is 1. The van der Waals surface area contributed by atoms with Crippen molar-refractivity contribution in [2.75, 3.05) is 13.2 Å². The lowest BCUT2D eigenvalue weighted by Crippen LogP contribution is -2.45.